The first-order valence-electron chi connectivity index (χ1n) is 13.7. The fourth-order valence-corrected chi connectivity index (χ4v) is 5.00. The first-order valence-corrected chi connectivity index (χ1v) is 13.7. The smallest absolute Gasteiger partial charge is 0.435 e. The Bertz CT molecular complexity index is 1700. The maximum atomic E-state index is 14.2. The number of hydrogen-bond acceptors (Lipinski definition) is 6. The van der Waals surface area contributed by atoms with Gasteiger partial charge in [-0.05, 0) is 61.0 Å². The van der Waals surface area contributed by atoms with Gasteiger partial charge in [-0.1, -0.05) is 6.07 Å². The summed E-state index contributed by atoms with van der Waals surface area (Å²) in [6, 6.07) is 15.9. The van der Waals surface area contributed by atoms with Crippen molar-refractivity contribution in [2.45, 2.75) is 19.0 Å². The molecule has 3 heterocycles. The van der Waals surface area contributed by atoms with E-state index in [0.29, 0.717) is 23.4 Å². The van der Waals surface area contributed by atoms with Gasteiger partial charge in [-0.25, -0.2) is 4.68 Å². The first-order chi connectivity index (χ1) is 21.0. The third-order valence-corrected chi connectivity index (χ3v) is 7.19. The van der Waals surface area contributed by atoms with Crippen LogP contribution in [0.4, 0.5) is 18.9 Å². The SMILES string of the molecule is COc1ccc(-n2nc(C(F)(F)F)c3c2C(=O)N(c2ccc(C(=O)N(C)C)cc2)CC3)c(C(=O)NCCc2ccccn2)c1. The molecule has 0 radical (unpaired) electrons. The zero-order chi connectivity index (χ0) is 31.6. The lowest BCUT2D eigenvalue weighted by Crippen LogP contribution is -2.39. The van der Waals surface area contributed by atoms with Crippen molar-refractivity contribution < 1.29 is 32.3 Å². The van der Waals surface area contributed by atoms with E-state index in [9.17, 15) is 27.6 Å². The average molecular weight is 607 g/mol. The van der Waals surface area contributed by atoms with Gasteiger partial charge in [0.1, 0.15) is 11.4 Å². The number of carbonyl (C=O) groups is 3. The second-order valence-electron chi connectivity index (χ2n) is 10.2. The van der Waals surface area contributed by atoms with E-state index < -0.39 is 23.7 Å². The Morgan fingerprint density at radius 3 is 2.45 bits per heavy atom. The number of fused-ring (bicyclic) bond motifs is 1. The molecule has 3 amide bonds. The lowest BCUT2D eigenvalue weighted by molar-refractivity contribution is -0.141. The molecule has 0 fully saturated rings. The van der Waals surface area contributed by atoms with E-state index in [1.165, 1.54) is 35.1 Å². The number of aromatic nitrogens is 3. The molecule has 1 N–H and O–H groups in total. The number of benzene rings is 2. The molecule has 0 aliphatic carbocycles. The second-order valence-corrected chi connectivity index (χ2v) is 10.2. The molecule has 1 aliphatic rings. The predicted molar refractivity (Wildman–Crippen MR) is 155 cm³/mol. The highest BCUT2D eigenvalue weighted by Gasteiger charge is 2.43. The second kappa shape index (κ2) is 12.2. The van der Waals surface area contributed by atoms with E-state index in [1.807, 2.05) is 12.1 Å². The van der Waals surface area contributed by atoms with Crippen molar-refractivity contribution in [2.75, 3.05) is 39.2 Å². The van der Waals surface area contributed by atoms with Gasteiger partial charge < -0.3 is 19.9 Å². The van der Waals surface area contributed by atoms with Crippen molar-refractivity contribution in [3.05, 3.63) is 101 Å². The third kappa shape index (κ3) is 5.98. The van der Waals surface area contributed by atoms with Gasteiger partial charge in [0, 0.05) is 62.3 Å². The van der Waals surface area contributed by atoms with Gasteiger partial charge in [0.25, 0.3) is 17.7 Å². The van der Waals surface area contributed by atoms with Crippen molar-refractivity contribution in [3.8, 4) is 11.4 Å². The highest BCUT2D eigenvalue weighted by atomic mass is 19.4. The maximum Gasteiger partial charge on any atom is 0.435 e. The summed E-state index contributed by atoms with van der Waals surface area (Å²) in [5.74, 6) is -1.25. The van der Waals surface area contributed by atoms with Gasteiger partial charge in [-0.2, -0.15) is 18.3 Å². The fourth-order valence-electron chi connectivity index (χ4n) is 5.00. The van der Waals surface area contributed by atoms with E-state index in [0.717, 1.165) is 10.4 Å². The number of alkyl halides is 3. The van der Waals surface area contributed by atoms with Crippen LogP contribution in [0.2, 0.25) is 0 Å². The average Bonchev–Trinajstić information content (AvgIpc) is 3.42. The highest BCUT2D eigenvalue weighted by molar-refractivity contribution is 6.08. The van der Waals surface area contributed by atoms with Crippen LogP contribution in [0.3, 0.4) is 0 Å². The summed E-state index contributed by atoms with van der Waals surface area (Å²) in [5.41, 5.74) is -0.245. The lowest BCUT2D eigenvalue weighted by Gasteiger charge is -2.28. The largest absolute Gasteiger partial charge is 0.497 e. The molecule has 4 aromatic rings. The molecule has 13 heteroatoms. The number of halogens is 3. The molecule has 44 heavy (non-hydrogen) atoms. The van der Waals surface area contributed by atoms with E-state index >= 15 is 0 Å². The van der Waals surface area contributed by atoms with Gasteiger partial charge in [-0.15, -0.1) is 0 Å². The molecule has 0 atom stereocenters. The molecule has 1 aliphatic heterocycles. The minimum absolute atomic E-state index is 0.0185. The van der Waals surface area contributed by atoms with Crippen molar-refractivity contribution in [1.82, 2.24) is 25.0 Å². The molecule has 0 unspecified atom stereocenters. The van der Waals surface area contributed by atoms with Crippen LogP contribution >= 0.6 is 0 Å². The summed E-state index contributed by atoms with van der Waals surface area (Å²) in [5, 5.41) is 6.63. The van der Waals surface area contributed by atoms with Crippen LogP contribution < -0.4 is 15.0 Å². The summed E-state index contributed by atoms with van der Waals surface area (Å²) in [7, 11) is 4.62. The molecule has 2 aromatic carbocycles. The van der Waals surface area contributed by atoms with Gasteiger partial charge in [0.15, 0.2) is 5.69 Å². The number of ether oxygens (including phenoxy) is 1. The minimum atomic E-state index is -4.84. The quantitative estimate of drug-likeness (QED) is 0.323. The van der Waals surface area contributed by atoms with Gasteiger partial charge in [0.2, 0.25) is 0 Å². The Morgan fingerprint density at radius 2 is 1.82 bits per heavy atom. The Labute approximate surface area is 251 Å². The number of nitrogens with one attached hydrogen (secondary N) is 1. The number of hydrogen-bond donors (Lipinski definition) is 1. The number of pyridine rings is 1. The molecule has 10 nitrogen and oxygen atoms in total. The standard InChI is InChI=1S/C31H29F3N6O4/c1-38(2)29(42)19-7-9-21(10-8-19)39-17-14-23-26(30(39)43)40(37-27(23)31(32,33)34)25-12-11-22(44-3)18-24(25)28(41)36-16-13-20-6-4-5-15-35-20/h4-12,15,18H,13-14,16-17H2,1-3H3,(H,36,41). The van der Waals surface area contributed by atoms with Gasteiger partial charge in [0.05, 0.1) is 18.4 Å². The minimum Gasteiger partial charge on any atom is -0.497 e. The molecular weight excluding hydrogens is 577 g/mol. The van der Waals surface area contributed by atoms with Crippen LogP contribution in [0.5, 0.6) is 5.75 Å². The number of rotatable bonds is 8. The van der Waals surface area contributed by atoms with Crippen LogP contribution in [0, 0.1) is 0 Å². The van der Waals surface area contributed by atoms with Crippen LogP contribution in [0.15, 0.2) is 66.9 Å². The molecule has 0 spiro atoms. The van der Waals surface area contributed by atoms with Crippen molar-refractivity contribution in [3.63, 3.8) is 0 Å². The van der Waals surface area contributed by atoms with Crippen LogP contribution in [0.1, 0.15) is 48.2 Å². The molecule has 2 aromatic heterocycles. The maximum absolute atomic E-state index is 14.2. The summed E-state index contributed by atoms with van der Waals surface area (Å²) in [4.78, 5) is 46.6. The molecule has 5 rings (SSSR count). The molecular formula is C31H29F3N6O4. The summed E-state index contributed by atoms with van der Waals surface area (Å²) < 4.78 is 48.8. The summed E-state index contributed by atoms with van der Waals surface area (Å²) in [6.07, 6.45) is -2.92. The number of nitrogens with zero attached hydrogens (tertiary/aromatic N) is 5. The lowest BCUT2D eigenvalue weighted by atomic mass is 10.0. The van der Waals surface area contributed by atoms with Crippen molar-refractivity contribution >= 4 is 23.4 Å². The summed E-state index contributed by atoms with van der Waals surface area (Å²) >= 11 is 0. The van der Waals surface area contributed by atoms with E-state index in [-0.39, 0.29) is 47.9 Å². The third-order valence-electron chi connectivity index (χ3n) is 7.19. The zero-order valence-electron chi connectivity index (χ0n) is 24.2. The van der Waals surface area contributed by atoms with Crippen molar-refractivity contribution in [2.24, 2.45) is 0 Å². The van der Waals surface area contributed by atoms with Crippen LogP contribution in [0.25, 0.3) is 5.69 Å². The molecule has 0 saturated heterocycles. The monoisotopic (exact) mass is 606 g/mol. The Hall–Kier alpha value is -5.20. The predicted octanol–water partition coefficient (Wildman–Crippen LogP) is 4.17. The van der Waals surface area contributed by atoms with E-state index in [2.05, 4.69) is 15.4 Å². The van der Waals surface area contributed by atoms with Crippen molar-refractivity contribution in [1.29, 1.82) is 0 Å². The topological polar surface area (TPSA) is 110 Å². The van der Waals surface area contributed by atoms with E-state index in [1.54, 1.807) is 50.6 Å². The van der Waals surface area contributed by atoms with E-state index in [4.69, 9.17) is 4.74 Å². The molecule has 0 bridgehead atoms. The van der Waals surface area contributed by atoms with Gasteiger partial charge >= 0.3 is 6.18 Å². The van der Waals surface area contributed by atoms with Crippen LogP contribution in [-0.2, 0) is 19.0 Å². The number of methoxy groups -OCH3 is 1. The Balaban J connectivity index is 1.54. The normalized spacial score (nSPS) is 13.0. The fraction of sp³-hybridized carbons (Fsp3) is 0.258. The number of carbonyl (C=O) groups excluding carboxylic acids is 3. The molecule has 0 saturated carbocycles. The zero-order valence-corrected chi connectivity index (χ0v) is 24.2. The highest BCUT2D eigenvalue weighted by Crippen LogP contribution is 2.38. The number of amides is 3. The van der Waals surface area contributed by atoms with Gasteiger partial charge in [-0.3, -0.25) is 19.4 Å². The first kappa shape index (κ1) is 30.3. The summed E-state index contributed by atoms with van der Waals surface area (Å²) in [6.45, 7) is 0.168. The Morgan fingerprint density at radius 1 is 1.07 bits per heavy atom. The number of anilines is 1. The molecule has 228 valence electrons. The van der Waals surface area contributed by atoms with Crippen LogP contribution in [-0.4, -0.2) is 71.7 Å². The Kier molecular flexibility index (Phi) is 8.39.